The standard InChI is InChI=1S/C12H17N5O3S/c1-15-7-9-8-16(5-6-17(9)12(15)18)11-10(21(13,19)20)3-2-4-14-11/h2-4,9H,5-8H2,1H3,(H2,13,19,20). The molecule has 0 aromatic carbocycles. The maximum absolute atomic E-state index is 11.9. The van der Waals surface area contributed by atoms with Crippen LogP contribution in [0.15, 0.2) is 23.2 Å². The van der Waals surface area contributed by atoms with Gasteiger partial charge in [-0.25, -0.2) is 23.3 Å². The summed E-state index contributed by atoms with van der Waals surface area (Å²) < 4.78 is 23.3. The molecule has 3 rings (SSSR count). The van der Waals surface area contributed by atoms with Crippen molar-refractivity contribution >= 4 is 21.9 Å². The quantitative estimate of drug-likeness (QED) is 0.777. The van der Waals surface area contributed by atoms with Crippen molar-refractivity contribution in [2.24, 2.45) is 5.14 Å². The molecule has 0 saturated carbocycles. The van der Waals surface area contributed by atoms with Gasteiger partial charge in [-0.3, -0.25) is 0 Å². The smallest absolute Gasteiger partial charge is 0.320 e. The molecule has 2 fully saturated rings. The number of nitrogens with zero attached hydrogens (tertiary/aromatic N) is 4. The summed E-state index contributed by atoms with van der Waals surface area (Å²) in [7, 11) is -2.06. The highest BCUT2D eigenvalue weighted by Gasteiger charge is 2.39. The number of carbonyl (C=O) groups is 1. The molecular weight excluding hydrogens is 294 g/mol. The van der Waals surface area contributed by atoms with Crippen molar-refractivity contribution in [2.75, 3.05) is 38.1 Å². The SMILES string of the molecule is CN1CC2CN(c3ncccc3S(N)(=O)=O)CCN2C1=O. The summed E-state index contributed by atoms with van der Waals surface area (Å²) in [4.78, 5) is 21.5. The molecule has 0 radical (unpaired) electrons. The van der Waals surface area contributed by atoms with Gasteiger partial charge in [0.1, 0.15) is 10.7 Å². The molecule has 2 aliphatic heterocycles. The second kappa shape index (κ2) is 4.85. The Balaban J connectivity index is 1.89. The number of aromatic nitrogens is 1. The molecule has 3 heterocycles. The molecule has 2 amide bonds. The van der Waals surface area contributed by atoms with Crippen LogP contribution in [0.4, 0.5) is 10.6 Å². The van der Waals surface area contributed by atoms with Crippen LogP contribution in [0.2, 0.25) is 0 Å². The van der Waals surface area contributed by atoms with Gasteiger partial charge in [0.15, 0.2) is 0 Å². The third-order valence-corrected chi connectivity index (χ3v) is 4.83. The Labute approximate surface area is 123 Å². The molecule has 1 unspecified atom stereocenters. The fraction of sp³-hybridized carbons (Fsp3) is 0.500. The molecule has 1 aromatic heterocycles. The van der Waals surface area contributed by atoms with Crippen LogP contribution < -0.4 is 10.0 Å². The summed E-state index contributed by atoms with van der Waals surface area (Å²) in [6.07, 6.45) is 1.54. The summed E-state index contributed by atoms with van der Waals surface area (Å²) in [6, 6.07) is 3.07. The highest BCUT2D eigenvalue weighted by molar-refractivity contribution is 7.89. The summed E-state index contributed by atoms with van der Waals surface area (Å²) in [5.74, 6) is 0.363. The third-order valence-electron chi connectivity index (χ3n) is 3.90. The summed E-state index contributed by atoms with van der Waals surface area (Å²) in [5, 5.41) is 5.25. The lowest BCUT2D eigenvalue weighted by Crippen LogP contribution is -2.52. The molecule has 0 spiro atoms. The van der Waals surface area contributed by atoms with Gasteiger partial charge in [0.2, 0.25) is 10.0 Å². The van der Waals surface area contributed by atoms with E-state index in [0.717, 1.165) is 0 Å². The number of amides is 2. The van der Waals surface area contributed by atoms with Gasteiger partial charge in [0.25, 0.3) is 0 Å². The van der Waals surface area contributed by atoms with Crippen LogP contribution in [0.25, 0.3) is 0 Å². The normalized spacial score (nSPS) is 22.7. The number of anilines is 1. The Morgan fingerprint density at radius 3 is 2.81 bits per heavy atom. The van der Waals surface area contributed by atoms with Crippen molar-refractivity contribution in [1.82, 2.24) is 14.8 Å². The fourth-order valence-corrected chi connectivity index (χ4v) is 3.62. The number of primary sulfonamides is 1. The van der Waals surface area contributed by atoms with Crippen LogP contribution in [0.5, 0.6) is 0 Å². The van der Waals surface area contributed by atoms with Gasteiger partial charge in [0, 0.05) is 39.4 Å². The number of rotatable bonds is 2. The lowest BCUT2D eigenvalue weighted by Gasteiger charge is -2.37. The van der Waals surface area contributed by atoms with E-state index < -0.39 is 10.0 Å². The molecule has 2 aliphatic rings. The zero-order chi connectivity index (χ0) is 15.2. The van der Waals surface area contributed by atoms with Gasteiger partial charge in [-0.1, -0.05) is 0 Å². The van der Waals surface area contributed by atoms with Crippen molar-refractivity contribution in [3.8, 4) is 0 Å². The summed E-state index contributed by atoms with van der Waals surface area (Å²) in [5.41, 5.74) is 0. The molecule has 0 aliphatic carbocycles. The van der Waals surface area contributed by atoms with Crippen molar-refractivity contribution in [2.45, 2.75) is 10.9 Å². The van der Waals surface area contributed by atoms with Gasteiger partial charge >= 0.3 is 6.03 Å². The number of sulfonamides is 1. The van der Waals surface area contributed by atoms with Gasteiger partial charge in [0.05, 0.1) is 6.04 Å². The van der Waals surface area contributed by atoms with E-state index in [1.165, 1.54) is 6.07 Å². The first-order valence-electron chi connectivity index (χ1n) is 6.62. The Morgan fingerprint density at radius 1 is 1.33 bits per heavy atom. The van der Waals surface area contributed by atoms with Gasteiger partial charge in [-0.2, -0.15) is 0 Å². The zero-order valence-corrected chi connectivity index (χ0v) is 12.5. The largest absolute Gasteiger partial charge is 0.352 e. The maximum atomic E-state index is 11.9. The highest BCUT2D eigenvalue weighted by Crippen LogP contribution is 2.26. The first-order chi connectivity index (χ1) is 9.88. The Morgan fingerprint density at radius 2 is 2.10 bits per heavy atom. The molecular formula is C12H17N5O3S. The second-order valence-corrected chi connectivity index (χ2v) is 6.86. The van der Waals surface area contributed by atoms with E-state index in [9.17, 15) is 13.2 Å². The number of fused-ring (bicyclic) bond motifs is 1. The molecule has 0 bridgehead atoms. The Hall–Kier alpha value is -1.87. The minimum atomic E-state index is -3.82. The van der Waals surface area contributed by atoms with Crippen LogP contribution >= 0.6 is 0 Å². The first kappa shape index (κ1) is 14.1. The van der Waals surface area contributed by atoms with E-state index >= 15 is 0 Å². The minimum absolute atomic E-state index is 0.0207. The molecule has 2 N–H and O–H groups in total. The Bertz CT molecular complexity index is 677. The number of nitrogens with two attached hydrogens (primary N) is 1. The van der Waals surface area contributed by atoms with E-state index in [0.29, 0.717) is 32.0 Å². The lowest BCUT2D eigenvalue weighted by molar-refractivity contribution is 0.187. The van der Waals surface area contributed by atoms with Crippen molar-refractivity contribution in [3.05, 3.63) is 18.3 Å². The second-order valence-electron chi connectivity index (χ2n) is 5.33. The number of hydrogen-bond donors (Lipinski definition) is 1. The van der Waals surface area contributed by atoms with E-state index in [2.05, 4.69) is 4.98 Å². The predicted octanol–water partition coefficient (Wildman–Crippen LogP) is -0.715. The van der Waals surface area contributed by atoms with E-state index in [1.54, 1.807) is 24.2 Å². The average Bonchev–Trinajstić information content (AvgIpc) is 2.73. The van der Waals surface area contributed by atoms with Crippen molar-refractivity contribution < 1.29 is 13.2 Å². The van der Waals surface area contributed by atoms with Crippen LogP contribution in [0.3, 0.4) is 0 Å². The molecule has 114 valence electrons. The minimum Gasteiger partial charge on any atom is -0.352 e. The number of carbonyl (C=O) groups excluding carboxylic acids is 1. The predicted molar refractivity (Wildman–Crippen MR) is 76.3 cm³/mol. The number of hydrogen-bond acceptors (Lipinski definition) is 5. The lowest BCUT2D eigenvalue weighted by atomic mass is 10.2. The Kier molecular flexibility index (Phi) is 3.25. The molecule has 1 aromatic rings. The number of piperazine rings is 1. The summed E-state index contributed by atoms with van der Waals surface area (Å²) in [6.45, 7) is 2.27. The number of likely N-dealkylation sites (N-methyl/N-ethyl adjacent to an activating group) is 1. The number of pyridine rings is 1. The monoisotopic (exact) mass is 311 g/mol. The van der Waals surface area contributed by atoms with Crippen molar-refractivity contribution in [3.63, 3.8) is 0 Å². The average molecular weight is 311 g/mol. The van der Waals surface area contributed by atoms with Gasteiger partial charge < -0.3 is 14.7 Å². The molecule has 9 heteroatoms. The first-order valence-corrected chi connectivity index (χ1v) is 8.17. The van der Waals surface area contributed by atoms with Crippen molar-refractivity contribution in [1.29, 1.82) is 0 Å². The van der Waals surface area contributed by atoms with Gasteiger partial charge in [-0.05, 0) is 12.1 Å². The van der Waals surface area contributed by atoms with Gasteiger partial charge in [-0.15, -0.1) is 0 Å². The topological polar surface area (TPSA) is 99.8 Å². The van der Waals surface area contributed by atoms with Crippen LogP contribution in [0, 0.1) is 0 Å². The summed E-state index contributed by atoms with van der Waals surface area (Å²) >= 11 is 0. The molecule has 8 nitrogen and oxygen atoms in total. The molecule has 21 heavy (non-hydrogen) atoms. The van der Waals surface area contributed by atoms with E-state index in [1.807, 2.05) is 9.80 Å². The van der Waals surface area contributed by atoms with E-state index in [4.69, 9.17) is 5.14 Å². The maximum Gasteiger partial charge on any atom is 0.320 e. The van der Waals surface area contributed by atoms with Crippen LogP contribution in [-0.4, -0.2) is 68.5 Å². The zero-order valence-electron chi connectivity index (χ0n) is 11.6. The molecule has 2 saturated heterocycles. The third kappa shape index (κ3) is 2.42. The number of urea groups is 1. The molecule has 1 atom stereocenters. The van der Waals surface area contributed by atoms with E-state index in [-0.39, 0.29) is 17.0 Å². The van der Waals surface area contributed by atoms with Crippen LogP contribution in [-0.2, 0) is 10.0 Å². The highest BCUT2D eigenvalue weighted by atomic mass is 32.2. The van der Waals surface area contributed by atoms with Crippen LogP contribution in [0.1, 0.15) is 0 Å². The fourth-order valence-electron chi connectivity index (χ4n) is 2.91.